The van der Waals surface area contributed by atoms with Crippen LogP contribution >= 0.6 is 0 Å². The molecule has 1 heterocycles. The molecule has 3 atom stereocenters. The van der Waals surface area contributed by atoms with E-state index < -0.39 is 26.7 Å². The van der Waals surface area contributed by atoms with Gasteiger partial charge in [0.15, 0.2) is 14.6 Å². The summed E-state index contributed by atoms with van der Waals surface area (Å²) in [5, 5.41) is 2.95. The molecule has 0 unspecified atom stereocenters. The van der Waals surface area contributed by atoms with Crippen LogP contribution in [0, 0.1) is 0 Å². The van der Waals surface area contributed by atoms with Crippen LogP contribution in [0.15, 0.2) is 42.5 Å². The van der Waals surface area contributed by atoms with Gasteiger partial charge >= 0.3 is 6.09 Å². The third kappa shape index (κ3) is 7.26. The van der Waals surface area contributed by atoms with Crippen LogP contribution in [0.25, 0.3) is 0 Å². The quantitative estimate of drug-likeness (QED) is 0.490. The Morgan fingerprint density at radius 2 is 1.86 bits per heavy atom. The van der Waals surface area contributed by atoms with Crippen molar-refractivity contribution in [3.05, 3.63) is 48.0 Å². The molecule has 7 heteroatoms. The van der Waals surface area contributed by atoms with Gasteiger partial charge in [-0.1, -0.05) is 63.3 Å². The molecule has 1 aliphatic rings. The van der Waals surface area contributed by atoms with E-state index in [1.54, 1.807) is 0 Å². The van der Waals surface area contributed by atoms with Gasteiger partial charge in [0.2, 0.25) is 0 Å². The Kier molecular flexibility index (Phi) is 8.45. The second-order valence-corrected chi connectivity index (χ2v) is 13.5. The maximum atomic E-state index is 12.2. The second-order valence-electron chi connectivity index (χ2n) is 8.69. The number of hydrogen-bond donors (Lipinski definition) is 1. The molecule has 0 saturated carbocycles. The average molecular weight is 422 g/mol. The zero-order valence-corrected chi connectivity index (χ0v) is 19.4. The van der Waals surface area contributed by atoms with Crippen LogP contribution in [0.3, 0.4) is 0 Å². The smallest absolute Gasteiger partial charge is 0.408 e. The molecule has 1 aromatic rings. The monoisotopic (exact) mass is 421 g/mol. The Hall–Kier alpha value is -1.67. The molecular weight excluding hydrogens is 386 g/mol. The highest BCUT2D eigenvalue weighted by molar-refractivity contribution is 6.74. The predicted molar refractivity (Wildman–Crippen MR) is 116 cm³/mol. The maximum Gasteiger partial charge on any atom is 0.408 e. The number of nitrogens with one attached hydrogen (secondary N) is 1. The molecular formula is C22H35NO5Si. The predicted octanol–water partition coefficient (Wildman–Crippen LogP) is 4.62. The first-order chi connectivity index (χ1) is 13.6. The van der Waals surface area contributed by atoms with Gasteiger partial charge in [-0.15, -0.1) is 0 Å². The number of ether oxygens (including phenoxy) is 3. The number of carbonyl (C=O) groups is 1. The minimum Gasteiger partial charge on any atom is -0.445 e. The van der Waals surface area contributed by atoms with Crippen molar-refractivity contribution in [2.75, 3.05) is 13.2 Å². The van der Waals surface area contributed by atoms with Crippen molar-refractivity contribution in [3.8, 4) is 0 Å². The van der Waals surface area contributed by atoms with Gasteiger partial charge in [-0.25, -0.2) is 4.79 Å². The first kappa shape index (κ1) is 23.6. The Morgan fingerprint density at radius 3 is 2.48 bits per heavy atom. The van der Waals surface area contributed by atoms with E-state index in [9.17, 15) is 4.79 Å². The van der Waals surface area contributed by atoms with E-state index in [4.69, 9.17) is 18.6 Å². The van der Waals surface area contributed by atoms with Gasteiger partial charge < -0.3 is 24.0 Å². The molecule has 162 valence electrons. The lowest BCUT2D eigenvalue weighted by Gasteiger charge is -2.38. The Labute approximate surface area is 175 Å². The molecule has 0 aliphatic carbocycles. The van der Waals surface area contributed by atoms with Crippen molar-refractivity contribution in [1.82, 2.24) is 5.32 Å². The van der Waals surface area contributed by atoms with Crippen molar-refractivity contribution < 1.29 is 23.4 Å². The van der Waals surface area contributed by atoms with Gasteiger partial charge in [0, 0.05) is 6.61 Å². The summed E-state index contributed by atoms with van der Waals surface area (Å²) in [6.45, 7) is 14.1. The largest absolute Gasteiger partial charge is 0.445 e. The number of benzene rings is 1. The highest BCUT2D eigenvalue weighted by Gasteiger charge is 2.38. The fourth-order valence-corrected chi connectivity index (χ4v) is 3.58. The first-order valence-corrected chi connectivity index (χ1v) is 13.1. The van der Waals surface area contributed by atoms with Crippen molar-refractivity contribution in [2.45, 2.75) is 70.9 Å². The van der Waals surface area contributed by atoms with Gasteiger partial charge in [0.05, 0.1) is 6.61 Å². The number of rotatable bonds is 8. The maximum absolute atomic E-state index is 12.2. The molecule has 0 bridgehead atoms. The summed E-state index contributed by atoms with van der Waals surface area (Å²) in [5.74, 6) is 0. The molecule has 6 nitrogen and oxygen atoms in total. The van der Waals surface area contributed by atoms with E-state index in [2.05, 4.69) is 39.2 Å². The Bertz CT molecular complexity index is 672. The number of amides is 1. The zero-order valence-electron chi connectivity index (χ0n) is 18.4. The van der Waals surface area contributed by atoms with Crippen LogP contribution < -0.4 is 5.32 Å². The second kappa shape index (κ2) is 10.4. The number of hydrogen-bond acceptors (Lipinski definition) is 5. The number of carbonyl (C=O) groups excluding carboxylic acids is 1. The van der Waals surface area contributed by atoms with Crippen LogP contribution in [-0.4, -0.2) is 46.1 Å². The van der Waals surface area contributed by atoms with Crippen molar-refractivity contribution >= 4 is 14.4 Å². The van der Waals surface area contributed by atoms with E-state index in [-0.39, 0.29) is 17.7 Å². The van der Waals surface area contributed by atoms with Crippen LogP contribution in [0.2, 0.25) is 18.1 Å². The van der Waals surface area contributed by atoms with Crippen molar-refractivity contribution in [3.63, 3.8) is 0 Å². The molecule has 1 amide bonds. The minimum absolute atomic E-state index is 0.136. The summed E-state index contributed by atoms with van der Waals surface area (Å²) in [5.41, 5.74) is 0.933. The van der Waals surface area contributed by atoms with Crippen LogP contribution in [-0.2, 0) is 25.2 Å². The van der Waals surface area contributed by atoms with E-state index in [0.717, 1.165) is 5.56 Å². The van der Waals surface area contributed by atoms with Crippen molar-refractivity contribution in [2.24, 2.45) is 0 Å². The topological polar surface area (TPSA) is 66.0 Å². The molecule has 1 aromatic carbocycles. The Morgan fingerprint density at radius 1 is 1.17 bits per heavy atom. The van der Waals surface area contributed by atoms with Gasteiger partial charge in [-0.3, -0.25) is 0 Å². The SMILES string of the molecule is CCO[C@H]1O[C@H](CO[Si](C)(C)C(C)(C)C)C=C[C@H]1NC(=O)OCc1ccccc1. The van der Waals surface area contributed by atoms with E-state index in [1.807, 2.05) is 49.4 Å². The van der Waals surface area contributed by atoms with E-state index in [0.29, 0.717) is 13.2 Å². The van der Waals surface area contributed by atoms with Gasteiger partial charge in [-0.2, -0.15) is 0 Å². The highest BCUT2D eigenvalue weighted by Crippen LogP contribution is 2.36. The number of alkyl carbamates (subject to hydrolysis) is 1. The standard InChI is InChI=1S/C22H35NO5Si/c1-7-25-20-19(23-21(24)26-15-17-11-9-8-10-12-17)14-13-18(28-20)16-27-29(5,6)22(2,3)4/h8-14,18-20H,7,15-16H2,1-6H3,(H,23,24)/t18-,19+,20-/m0/s1. The summed E-state index contributed by atoms with van der Waals surface area (Å²) in [7, 11) is -1.86. The molecule has 29 heavy (non-hydrogen) atoms. The zero-order chi connectivity index (χ0) is 21.5. The molecule has 1 N–H and O–H groups in total. The van der Waals surface area contributed by atoms with E-state index in [1.165, 1.54) is 0 Å². The summed E-state index contributed by atoms with van der Waals surface area (Å²) in [4.78, 5) is 12.2. The molecule has 1 aliphatic heterocycles. The fourth-order valence-electron chi connectivity index (χ4n) is 2.56. The minimum atomic E-state index is -1.86. The highest BCUT2D eigenvalue weighted by atomic mass is 28.4. The van der Waals surface area contributed by atoms with E-state index >= 15 is 0 Å². The first-order valence-electron chi connectivity index (χ1n) is 10.2. The van der Waals surface area contributed by atoms with Gasteiger partial charge in [0.1, 0.15) is 18.8 Å². The summed E-state index contributed by atoms with van der Waals surface area (Å²) in [6.07, 6.45) is 2.52. The third-order valence-corrected chi connectivity index (χ3v) is 9.88. The lowest BCUT2D eigenvalue weighted by molar-refractivity contribution is -0.177. The lowest BCUT2D eigenvalue weighted by Crippen LogP contribution is -2.50. The van der Waals surface area contributed by atoms with Crippen molar-refractivity contribution in [1.29, 1.82) is 0 Å². The summed E-state index contributed by atoms with van der Waals surface area (Å²) < 4.78 is 23.3. The average Bonchev–Trinajstić information content (AvgIpc) is 2.67. The molecule has 0 radical (unpaired) electrons. The third-order valence-electron chi connectivity index (χ3n) is 5.38. The van der Waals surface area contributed by atoms with Crippen LogP contribution in [0.1, 0.15) is 33.3 Å². The van der Waals surface area contributed by atoms with Crippen LogP contribution in [0.4, 0.5) is 4.79 Å². The molecule has 0 saturated heterocycles. The van der Waals surface area contributed by atoms with Gasteiger partial charge in [0.25, 0.3) is 0 Å². The lowest BCUT2D eigenvalue weighted by atomic mass is 10.1. The normalized spacial score (nSPS) is 22.3. The van der Waals surface area contributed by atoms with Gasteiger partial charge in [-0.05, 0) is 30.6 Å². The molecule has 0 fully saturated rings. The Balaban J connectivity index is 1.90. The summed E-state index contributed by atoms with van der Waals surface area (Å²) >= 11 is 0. The van der Waals surface area contributed by atoms with Crippen LogP contribution in [0.5, 0.6) is 0 Å². The molecule has 0 spiro atoms. The molecule has 2 rings (SSSR count). The molecule has 0 aromatic heterocycles. The summed E-state index contributed by atoms with van der Waals surface area (Å²) in [6, 6.07) is 9.14. The fraction of sp³-hybridized carbons (Fsp3) is 0.591.